The lowest BCUT2D eigenvalue weighted by Gasteiger charge is -2.18. The number of likely N-dealkylation sites (N-methyl/N-ethyl adjacent to an activating group) is 1. The fraction of sp³-hybridized carbons (Fsp3) is 0.222. The van der Waals surface area contributed by atoms with Gasteiger partial charge >= 0.3 is 0 Å². The van der Waals surface area contributed by atoms with Crippen molar-refractivity contribution in [1.29, 1.82) is 0 Å². The maximum Gasteiger partial charge on any atom is 0.252 e. The van der Waals surface area contributed by atoms with E-state index in [9.17, 15) is 18.0 Å². The number of hydrogen-bond acceptors (Lipinski definition) is 4. The van der Waals surface area contributed by atoms with Crippen LogP contribution in [-0.2, 0) is 14.8 Å². The van der Waals surface area contributed by atoms with Crippen molar-refractivity contribution in [2.75, 3.05) is 17.5 Å². The Morgan fingerprint density at radius 1 is 1.00 bits per heavy atom. The predicted molar refractivity (Wildman–Crippen MR) is 100 cm³/mol. The van der Waals surface area contributed by atoms with Crippen molar-refractivity contribution in [1.82, 2.24) is 10.6 Å². The van der Waals surface area contributed by atoms with Crippen LogP contribution < -0.4 is 15.4 Å². The lowest BCUT2D eigenvalue weighted by Crippen LogP contribution is -2.39. The fourth-order valence-corrected chi connectivity index (χ4v) is 2.89. The van der Waals surface area contributed by atoms with Crippen LogP contribution in [0.4, 0.5) is 5.69 Å². The zero-order valence-electron chi connectivity index (χ0n) is 14.5. The van der Waals surface area contributed by atoms with Gasteiger partial charge in [0.05, 0.1) is 5.75 Å². The summed E-state index contributed by atoms with van der Waals surface area (Å²) in [4.78, 5) is 24.6. The van der Waals surface area contributed by atoms with Gasteiger partial charge in [-0.2, -0.15) is 0 Å². The van der Waals surface area contributed by atoms with Crippen molar-refractivity contribution in [3.8, 4) is 0 Å². The number of benzene rings is 2. The number of anilines is 1. The van der Waals surface area contributed by atoms with Crippen molar-refractivity contribution >= 4 is 27.5 Å². The lowest BCUT2D eigenvalue weighted by atomic mass is 10.1. The molecule has 0 heterocycles. The second-order valence-corrected chi connectivity index (χ2v) is 7.53. The van der Waals surface area contributed by atoms with Crippen molar-refractivity contribution in [2.24, 2.45) is 0 Å². The molecule has 26 heavy (non-hydrogen) atoms. The molecule has 8 heteroatoms. The van der Waals surface area contributed by atoms with Gasteiger partial charge in [-0.25, -0.2) is 8.42 Å². The van der Waals surface area contributed by atoms with Gasteiger partial charge in [-0.1, -0.05) is 30.3 Å². The maximum absolute atomic E-state index is 12.5. The number of hydrogen-bond donors (Lipinski definition) is 3. The Morgan fingerprint density at radius 3 is 2.15 bits per heavy atom. The molecule has 1 unspecified atom stereocenters. The SMILES string of the molecule is CCS(=O)(=O)Nc1ccc(C(=O)NC(C(=O)NC)c2ccccc2)cc1. The molecule has 2 aromatic rings. The number of amides is 2. The summed E-state index contributed by atoms with van der Waals surface area (Å²) in [6.45, 7) is 1.53. The van der Waals surface area contributed by atoms with Gasteiger partial charge < -0.3 is 10.6 Å². The van der Waals surface area contributed by atoms with Gasteiger partial charge in [0.2, 0.25) is 15.9 Å². The highest BCUT2D eigenvalue weighted by molar-refractivity contribution is 7.92. The van der Waals surface area contributed by atoms with Crippen LogP contribution in [0, 0.1) is 0 Å². The molecule has 0 spiro atoms. The third-order valence-electron chi connectivity index (χ3n) is 3.72. The summed E-state index contributed by atoms with van der Waals surface area (Å²) in [5.74, 6) is -0.815. The van der Waals surface area contributed by atoms with E-state index in [-0.39, 0.29) is 11.7 Å². The number of nitrogens with one attached hydrogen (secondary N) is 3. The van der Waals surface area contributed by atoms with Crippen LogP contribution in [0.5, 0.6) is 0 Å². The van der Waals surface area contributed by atoms with Gasteiger partial charge in [-0.05, 0) is 36.8 Å². The Hall–Kier alpha value is -2.87. The zero-order valence-corrected chi connectivity index (χ0v) is 15.3. The van der Waals surface area contributed by atoms with E-state index in [0.29, 0.717) is 16.8 Å². The van der Waals surface area contributed by atoms with Crippen LogP contribution >= 0.6 is 0 Å². The lowest BCUT2D eigenvalue weighted by molar-refractivity contribution is -0.122. The second-order valence-electron chi connectivity index (χ2n) is 5.51. The quantitative estimate of drug-likeness (QED) is 0.685. The van der Waals surface area contributed by atoms with E-state index >= 15 is 0 Å². The Balaban J connectivity index is 2.15. The fourth-order valence-electron chi connectivity index (χ4n) is 2.25. The van der Waals surface area contributed by atoms with Gasteiger partial charge in [0.25, 0.3) is 5.91 Å². The first-order valence-electron chi connectivity index (χ1n) is 8.04. The average molecular weight is 375 g/mol. The summed E-state index contributed by atoms with van der Waals surface area (Å²) in [6.07, 6.45) is 0. The zero-order chi connectivity index (χ0) is 19.2. The molecule has 2 amide bonds. The highest BCUT2D eigenvalue weighted by Gasteiger charge is 2.22. The van der Waals surface area contributed by atoms with Gasteiger partial charge in [0, 0.05) is 18.3 Å². The molecule has 0 bridgehead atoms. The number of carbonyl (C=O) groups is 2. The Kier molecular flexibility index (Phi) is 6.35. The summed E-state index contributed by atoms with van der Waals surface area (Å²) in [6, 6.07) is 14.1. The molecule has 3 N–H and O–H groups in total. The minimum atomic E-state index is -3.38. The van der Waals surface area contributed by atoms with Crippen LogP contribution in [0.1, 0.15) is 28.9 Å². The normalized spacial score (nSPS) is 12.1. The molecule has 2 rings (SSSR count). The third-order valence-corrected chi connectivity index (χ3v) is 5.02. The first-order chi connectivity index (χ1) is 12.4. The highest BCUT2D eigenvalue weighted by Crippen LogP contribution is 2.16. The van der Waals surface area contributed by atoms with E-state index in [0.717, 1.165) is 0 Å². The Bertz CT molecular complexity index is 865. The van der Waals surface area contributed by atoms with E-state index in [2.05, 4.69) is 15.4 Å². The molecule has 138 valence electrons. The molecule has 0 fully saturated rings. The van der Waals surface area contributed by atoms with Crippen LogP contribution in [0.2, 0.25) is 0 Å². The molecule has 7 nitrogen and oxygen atoms in total. The molecular weight excluding hydrogens is 354 g/mol. The standard InChI is InChI=1S/C18H21N3O4S/c1-3-26(24,25)21-15-11-9-14(10-12-15)17(22)20-16(18(23)19-2)13-7-5-4-6-8-13/h4-12,16,21H,3H2,1-2H3,(H,19,23)(H,20,22). The van der Waals surface area contributed by atoms with E-state index in [1.165, 1.54) is 38.2 Å². The van der Waals surface area contributed by atoms with Crippen LogP contribution in [0.15, 0.2) is 54.6 Å². The molecule has 0 aromatic heterocycles. The topological polar surface area (TPSA) is 104 Å². The summed E-state index contributed by atoms with van der Waals surface area (Å²) >= 11 is 0. The minimum Gasteiger partial charge on any atom is -0.357 e. The van der Waals surface area contributed by atoms with Crippen molar-refractivity contribution in [2.45, 2.75) is 13.0 Å². The summed E-state index contributed by atoms with van der Waals surface area (Å²) in [7, 11) is -1.88. The first kappa shape index (κ1) is 19.5. The predicted octanol–water partition coefficient (Wildman–Crippen LogP) is 1.67. The summed E-state index contributed by atoms with van der Waals surface area (Å²) < 4.78 is 25.5. The smallest absolute Gasteiger partial charge is 0.252 e. The van der Waals surface area contributed by atoms with Crippen molar-refractivity contribution < 1.29 is 18.0 Å². The molecule has 2 aromatic carbocycles. The molecule has 0 saturated heterocycles. The average Bonchev–Trinajstić information content (AvgIpc) is 2.66. The van der Waals surface area contributed by atoms with Crippen molar-refractivity contribution in [3.05, 3.63) is 65.7 Å². The molecule has 0 saturated carbocycles. The monoisotopic (exact) mass is 375 g/mol. The number of sulfonamides is 1. The Labute approximate surface area is 152 Å². The number of rotatable bonds is 7. The highest BCUT2D eigenvalue weighted by atomic mass is 32.2. The Morgan fingerprint density at radius 2 is 1.62 bits per heavy atom. The molecule has 0 aliphatic rings. The van der Waals surface area contributed by atoms with Crippen LogP contribution in [0.25, 0.3) is 0 Å². The van der Waals surface area contributed by atoms with Gasteiger partial charge in [0.15, 0.2) is 0 Å². The largest absolute Gasteiger partial charge is 0.357 e. The van der Waals surface area contributed by atoms with Gasteiger partial charge in [-0.15, -0.1) is 0 Å². The second kappa shape index (κ2) is 8.48. The molecule has 1 atom stereocenters. The minimum absolute atomic E-state index is 0.0415. The van der Waals surface area contributed by atoms with Crippen molar-refractivity contribution in [3.63, 3.8) is 0 Å². The molecule has 0 radical (unpaired) electrons. The van der Waals surface area contributed by atoms with Gasteiger partial charge in [0.1, 0.15) is 6.04 Å². The third kappa shape index (κ3) is 5.06. The maximum atomic E-state index is 12.5. The number of carbonyl (C=O) groups excluding carboxylic acids is 2. The molecule has 0 aliphatic heterocycles. The van der Waals surface area contributed by atoms with Crippen LogP contribution in [-0.4, -0.2) is 33.0 Å². The van der Waals surface area contributed by atoms with Crippen LogP contribution in [0.3, 0.4) is 0 Å². The summed E-state index contributed by atoms with van der Waals surface area (Å²) in [5, 5.41) is 5.22. The first-order valence-corrected chi connectivity index (χ1v) is 9.69. The van der Waals surface area contributed by atoms with Gasteiger partial charge in [-0.3, -0.25) is 14.3 Å². The molecule has 0 aliphatic carbocycles. The van der Waals surface area contributed by atoms with E-state index in [4.69, 9.17) is 0 Å². The van der Waals surface area contributed by atoms with E-state index < -0.39 is 22.0 Å². The van der Waals surface area contributed by atoms with E-state index in [1.54, 1.807) is 24.3 Å². The summed E-state index contributed by atoms with van der Waals surface area (Å²) in [5.41, 5.74) is 1.34. The molecular formula is C18H21N3O4S. The van der Waals surface area contributed by atoms with E-state index in [1.807, 2.05) is 6.07 Å².